The summed E-state index contributed by atoms with van der Waals surface area (Å²) in [6, 6.07) is 2.92. The van der Waals surface area contributed by atoms with Crippen molar-refractivity contribution in [2.75, 3.05) is 6.61 Å². The van der Waals surface area contributed by atoms with Crippen LogP contribution in [0, 0.1) is 11.6 Å². The van der Waals surface area contributed by atoms with E-state index in [0.29, 0.717) is 11.6 Å². The van der Waals surface area contributed by atoms with E-state index in [4.69, 9.17) is 9.84 Å². The van der Waals surface area contributed by atoms with Crippen LogP contribution in [-0.4, -0.2) is 17.7 Å². The predicted octanol–water partition coefficient (Wildman–Crippen LogP) is 2.37. The van der Waals surface area contributed by atoms with E-state index >= 15 is 0 Å². The van der Waals surface area contributed by atoms with Crippen LogP contribution >= 0.6 is 0 Å². The van der Waals surface area contributed by atoms with Crippen LogP contribution in [0.1, 0.15) is 6.92 Å². The van der Waals surface area contributed by atoms with Crippen LogP contribution in [0.25, 0.3) is 0 Å². The Morgan fingerprint density at radius 1 is 1.50 bits per heavy atom. The molecule has 0 saturated carbocycles. The van der Waals surface area contributed by atoms with Gasteiger partial charge in [-0.2, -0.15) is 0 Å². The predicted molar refractivity (Wildman–Crippen MR) is 53.2 cm³/mol. The number of halogens is 2. The number of hydrogen-bond acceptors (Lipinski definition) is 2. The molecule has 0 aliphatic heterocycles. The van der Waals surface area contributed by atoms with Crippen molar-refractivity contribution >= 4 is 5.97 Å². The SMILES string of the molecule is C/C(=C\C(=O)O)COc1ccc(F)cc1F. The topological polar surface area (TPSA) is 46.5 Å². The van der Waals surface area contributed by atoms with Crippen molar-refractivity contribution < 1.29 is 23.4 Å². The summed E-state index contributed by atoms with van der Waals surface area (Å²) in [5, 5.41) is 8.42. The van der Waals surface area contributed by atoms with Crippen LogP contribution in [0.15, 0.2) is 29.8 Å². The van der Waals surface area contributed by atoms with Crippen LogP contribution in [-0.2, 0) is 4.79 Å². The highest BCUT2D eigenvalue weighted by molar-refractivity contribution is 5.80. The van der Waals surface area contributed by atoms with Crippen molar-refractivity contribution in [1.82, 2.24) is 0 Å². The lowest BCUT2D eigenvalue weighted by Gasteiger charge is -2.06. The summed E-state index contributed by atoms with van der Waals surface area (Å²) in [4.78, 5) is 10.3. The molecule has 0 aromatic heterocycles. The van der Waals surface area contributed by atoms with Gasteiger partial charge < -0.3 is 9.84 Å². The highest BCUT2D eigenvalue weighted by atomic mass is 19.1. The molecule has 0 bridgehead atoms. The average molecular weight is 228 g/mol. The van der Waals surface area contributed by atoms with Crippen molar-refractivity contribution in [3.8, 4) is 5.75 Å². The van der Waals surface area contributed by atoms with Crippen LogP contribution < -0.4 is 4.74 Å². The molecule has 0 saturated heterocycles. The summed E-state index contributed by atoms with van der Waals surface area (Å²) in [5.74, 6) is -2.72. The number of carbonyl (C=O) groups is 1. The summed E-state index contributed by atoms with van der Waals surface area (Å²) < 4.78 is 30.6. The second-order valence-corrected chi connectivity index (χ2v) is 3.19. The number of carboxylic acids is 1. The molecule has 1 aromatic carbocycles. The first-order valence-electron chi connectivity index (χ1n) is 4.47. The monoisotopic (exact) mass is 228 g/mol. The van der Waals surface area contributed by atoms with Crippen molar-refractivity contribution in [2.45, 2.75) is 6.92 Å². The first kappa shape index (κ1) is 12.2. The number of carboxylic acid groups (broad SMARTS) is 1. The van der Waals surface area contributed by atoms with Gasteiger partial charge in [0.1, 0.15) is 12.4 Å². The van der Waals surface area contributed by atoms with Crippen molar-refractivity contribution in [3.05, 3.63) is 41.5 Å². The molecular weight excluding hydrogens is 218 g/mol. The van der Waals surface area contributed by atoms with E-state index in [1.165, 1.54) is 6.92 Å². The molecule has 0 amide bonds. The molecule has 1 aromatic rings. The van der Waals surface area contributed by atoms with Crippen LogP contribution in [0.3, 0.4) is 0 Å². The minimum atomic E-state index is -1.10. The molecule has 0 aliphatic carbocycles. The first-order chi connectivity index (χ1) is 7.49. The summed E-state index contributed by atoms with van der Waals surface area (Å²) in [6.07, 6.45) is 0.960. The van der Waals surface area contributed by atoms with E-state index in [9.17, 15) is 13.6 Å². The lowest BCUT2D eigenvalue weighted by atomic mass is 10.3. The fourth-order valence-electron chi connectivity index (χ4n) is 1.04. The Hall–Kier alpha value is -1.91. The number of aliphatic carboxylic acids is 1. The van der Waals surface area contributed by atoms with Gasteiger partial charge in [0.05, 0.1) is 0 Å². The second kappa shape index (κ2) is 5.25. The Labute approximate surface area is 91.0 Å². The quantitative estimate of drug-likeness (QED) is 0.805. The van der Waals surface area contributed by atoms with Gasteiger partial charge in [0.2, 0.25) is 0 Å². The van der Waals surface area contributed by atoms with Gasteiger partial charge in [0, 0.05) is 12.1 Å². The van der Waals surface area contributed by atoms with E-state index < -0.39 is 17.6 Å². The summed E-state index contributed by atoms with van der Waals surface area (Å²) in [6.45, 7) is 1.48. The van der Waals surface area contributed by atoms with Gasteiger partial charge in [0.25, 0.3) is 0 Å². The third kappa shape index (κ3) is 3.68. The van der Waals surface area contributed by atoms with Gasteiger partial charge >= 0.3 is 5.97 Å². The minimum Gasteiger partial charge on any atom is -0.486 e. The highest BCUT2D eigenvalue weighted by Crippen LogP contribution is 2.18. The zero-order valence-corrected chi connectivity index (χ0v) is 8.54. The van der Waals surface area contributed by atoms with E-state index in [-0.39, 0.29) is 12.4 Å². The molecule has 0 fully saturated rings. The Morgan fingerprint density at radius 2 is 2.19 bits per heavy atom. The fraction of sp³-hybridized carbons (Fsp3) is 0.182. The van der Waals surface area contributed by atoms with E-state index in [0.717, 1.165) is 18.2 Å². The van der Waals surface area contributed by atoms with Gasteiger partial charge in [-0.05, 0) is 24.6 Å². The lowest BCUT2D eigenvalue weighted by Crippen LogP contribution is -2.02. The maximum atomic E-state index is 13.1. The van der Waals surface area contributed by atoms with Crippen molar-refractivity contribution in [1.29, 1.82) is 0 Å². The smallest absolute Gasteiger partial charge is 0.328 e. The van der Waals surface area contributed by atoms with Gasteiger partial charge in [-0.1, -0.05) is 0 Å². The van der Waals surface area contributed by atoms with Crippen molar-refractivity contribution in [2.24, 2.45) is 0 Å². The molecule has 16 heavy (non-hydrogen) atoms. The zero-order chi connectivity index (χ0) is 12.1. The Balaban J connectivity index is 2.65. The van der Waals surface area contributed by atoms with Gasteiger partial charge in [0.15, 0.2) is 11.6 Å². The standard InChI is InChI=1S/C11H10F2O3/c1-7(4-11(14)15)6-16-10-3-2-8(12)5-9(10)13/h2-5H,6H2,1H3,(H,14,15)/b7-4+. The summed E-state index contributed by atoms with van der Waals surface area (Å²) in [7, 11) is 0. The van der Waals surface area contributed by atoms with Crippen molar-refractivity contribution in [3.63, 3.8) is 0 Å². The molecule has 86 valence electrons. The largest absolute Gasteiger partial charge is 0.486 e. The summed E-state index contributed by atoms with van der Waals surface area (Å²) >= 11 is 0. The minimum absolute atomic E-state index is 0.0607. The molecule has 0 aliphatic rings. The molecule has 0 spiro atoms. The van der Waals surface area contributed by atoms with Gasteiger partial charge in [-0.3, -0.25) is 0 Å². The highest BCUT2D eigenvalue weighted by Gasteiger charge is 2.05. The number of benzene rings is 1. The molecular formula is C11H10F2O3. The number of rotatable bonds is 4. The number of ether oxygens (including phenoxy) is 1. The summed E-state index contributed by atoms with van der Waals surface area (Å²) in [5.41, 5.74) is 0.427. The molecule has 3 nitrogen and oxygen atoms in total. The fourth-order valence-corrected chi connectivity index (χ4v) is 1.04. The molecule has 0 atom stereocenters. The average Bonchev–Trinajstić information content (AvgIpc) is 2.15. The number of hydrogen-bond donors (Lipinski definition) is 1. The lowest BCUT2D eigenvalue weighted by molar-refractivity contribution is -0.131. The third-order valence-corrected chi connectivity index (χ3v) is 1.72. The molecule has 0 unspecified atom stereocenters. The van der Waals surface area contributed by atoms with E-state index in [1.54, 1.807) is 0 Å². The molecule has 0 radical (unpaired) electrons. The van der Waals surface area contributed by atoms with Crippen LogP contribution in [0.4, 0.5) is 8.78 Å². The van der Waals surface area contributed by atoms with Crippen LogP contribution in [0.5, 0.6) is 5.75 Å². The van der Waals surface area contributed by atoms with Crippen LogP contribution in [0.2, 0.25) is 0 Å². The maximum absolute atomic E-state index is 13.1. The van der Waals surface area contributed by atoms with E-state index in [2.05, 4.69) is 0 Å². The first-order valence-corrected chi connectivity index (χ1v) is 4.47. The van der Waals surface area contributed by atoms with E-state index in [1.807, 2.05) is 0 Å². The molecule has 1 rings (SSSR count). The normalized spacial score (nSPS) is 11.3. The second-order valence-electron chi connectivity index (χ2n) is 3.19. The molecule has 0 heterocycles. The Bertz CT molecular complexity index is 427. The zero-order valence-electron chi connectivity index (χ0n) is 8.54. The Kier molecular flexibility index (Phi) is 3.99. The molecule has 1 N–H and O–H groups in total. The van der Waals surface area contributed by atoms with Gasteiger partial charge in [-0.15, -0.1) is 0 Å². The third-order valence-electron chi connectivity index (χ3n) is 1.72. The van der Waals surface area contributed by atoms with Gasteiger partial charge in [-0.25, -0.2) is 13.6 Å². The molecule has 5 heteroatoms. The maximum Gasteiger partial charge on any atom is 0.328 e. The Morgan fingerprint density at radius 3 is 2.75 bits per heavy atom.